The number of ether oxygens (including phenoxy) is 3. The zero-order valence-corrected chi connectivity index (χ0v) is 13.0. The first-order valence-corrected chi connectivity index (χ1v) is 7.83. The predicted molar refractivity (Wildman–Crippen MR) is 85.0 cm³/mol. The third-order valence-electron chi connectivity index (χ3n) is 3.73. The molecule has 0 saturated carbocycles. The number of nitrogens with one attached hydrogen (secondary N) is 1. The molecule has 7 nitrogen and oxygen atoms in total. The highest BCUT2D eigenvalue weighted by atomic mass is 16.6. The lowest BCUT2D eigenvalue weighted by Crippen LogP contribution is -2.38. The standard InChI is InChI=1S/C16H21N3O4/c20-16(3-4-19-5-7-21-8-6-19)18-17-12-13-1-2-14-15(11-13)23-10-9-22-14/h1-2,11-12H,3-10H2,(H,18,20)/b17-12-. The van der Waals surface area contributed by atoms with Crippen LogP contribution in [0.25, 0.3) is 0 Å². The summed E-state index contributed by atoms with van der Waals surface area (Å²) in [5.74, 6) is 1.35. The Morgan fingerprint density at radius 2 is 1.96 bits per heavy atom. The molecule has 124 valence electrons. The van der Waals surface area contributed by atoms with E-state index in [0.29, 0.717) is 25.4 Å². The van der Waals surface area contributed by atoms with Crippen molar-refractivity contribution >= 4 is 12.1 Å². The van der Waals surface area contributed by atoms with Gasteiger partial charge in [-0.05, 0) is 23.8 Å². The van der Waals surface area contributed by atoms with E-state index in [-0.39, 0.29) is 5.91 Å². The van der Waals surface area contributed by atoms with Gasteiger partial charge in [0.05, 0.1) is 19.4 Å². The van der Waals surface area contributed by atoms with Crippen LogP contribution in [-0.2, 0) is 9.53 Å². The minimum atomic E-state index is -0.0923. The third kappa shape index (κ3) is 4.67. The normalized spacial score (nSPS) is 18.1. The highest BCUT2D eigenvalue weighted by molar-refractivity contribution is 5.83. The molecule has 0 aromatic heterocycles. The predicted octanol–water partition coefficient (Wildman–Crippen LogP) is 0.630. The smallest absolute Gasteiger partial charge is 0.241 e. The first kappa shape index (κ1) is 15.8. The van der Waals surface area contributed by atoms with Crippen molar-refractivity contribution in [1.29, 1.82) is 0 Å². The van der Waals surface area contributed by atoms with E-state index in [4.69, 9.17) is 14.2 Å². The van der Waals surface area contributed by atoms with Crippen molar-refractivity contribution in [2.24, 2.45) is 5.10 Å². The Labute approximate surface area is 135 Å². The molecule has 1 aromatic carbocycles. The number of morpholine rings is 1. The van der Waals surface area contributed by atoms with E-state index >= 15 is 0 Å². The van der Waals surface area contributed by atoms with Gasteiger partial charge < -0.3 is 14.2 Å². The molecule has 1 amide bonds. The molecule has 2 aliphatic rings. The molecule has 1 aromatic rings. The second-order valence-electron chi connectivity index (χ2n) is 5.40. The maximum absolute atomic E-state index is 11.8. The molecular formula is C16H21N3O4. The van der Waals surface area contributed by atoms with Gasteiger partial charge in [0.15, 0.2) is 11.5 Å². The Hall–Kier alpha value is -2.12. The lowest BCUT2D eigenvalue weighted by atomic mass is 10.2. The lowest BCUT2D eigenvalue weighted by molar-refractivity contribution is -0.121. The van der Waals surface area contributed by atoms with E-state index in [9.17, 15) is 4.79 Å². The summed E-state index contributed by atoms with van der Waals surface area (Å²) in [7, 11) is 0. The van der Waals surface area contributed by atoms with E-state index in [1.165, 1.54) is 0 Å². The topological polar surface area (TPSA) is 72.4 Å². The SMILES string of the molecule is O=C(CCN1CCOCC1)N/N=C\c1ccc2c(c1)OCCO2. The van der Waals surface area contributed by atoms with Gasteiger partial charge in [0.2, 0.25) is 5.91 Å². The van der Waals surface area contributed by atoms with Crippen molar-refractivity contribution in [2.75, 3.05) is 46.1 Å². The van der Waals surface area contributed by atoms with Gasteiger partial charge in [-0.15, -0.1) is 0 Å². The van der Waals surface area contributed by atoms with Crippen molar-refractivity contribution in [2.45, 2.75) is 6.42 Å². The Morgan fingerprint density at radius 1 is 1.17 bits per heavy atom. The molecule has 0 bridgehead atoms. The molecule has 0 spiro atoms. The minimum absolute atomic E-state index is 0.0923. The summed E-state index contributed by atoms with van der Waals surface area (Å²) >= 11 is 0. The number of hydrazone groups is 1. The Morgan fingerprint density at radius 3 is 2.78 bits per heavy atom. The van der Waals surface area contributed by atoms with Gasteiger partial charge in [-0.1, -0.05) is 0 Å². The maximum atomic E-state index is 11.8. The van der Waals surface area contributed by atoms with Gasteiger partial charge in [0.25, 0.3) is 0 Å². The molecule has 1 fully saturated rings. The van der Waals surface area contributed by atoms with Crippen molar-refractivity contribution in [1.82, 2.24) is 10.3 Å². The van der Waals surface area contributed by atoms with Gasteiger partial charge in [-0.25, -0.2) is 5.43 Å². The number of hydrogen-bond acceptors (Lipinski definition) is 6. The molecular weight excluding hydrogens is 298 g/mol. The van der Waals surface area contributed by atoms with E-state index in [1.54, 1.807) is 6.21 Å². The molecule has 7 heteroatoms. The number of hydrogen-bond donors (Lipinski definition) is 1. The van der Waals surface area contributed by atoms with Crippen molar-refractivity contribution in [3.8, 4) is 11.5 Å². The van der Waals surface area contributed by atoms with Gasteiger partial charge in [-0.2, -0.15) is 5.10 Å². The summed E-state index contributed by atoms with van der Waals surface area (Å²) in [5.41, 5.74) is 3.40. The monoisotopic (exact) mass is 319 g/mol. The summed E-state index contributed by atoms with van der Waals surface area (Å²) in [6, 6.07) is 5.56. The average molecular weight is 319 g/mol. The summed E-state index contributed by atoms with van der Waals surface area (Å²) < 4.78 is 16.2. The Kier molecular flexibility index (Phi) is 5.44. The van der Waals surface area contributed by atoms with Crippen LogP contribution < -0.4 is 14.9 Å². The van der Waals surface area contributed by atoms with Gasteiger partial charge in [0, 0.05) is 26.1 Å². The number of nitrogens with zero attached hydrogens (tertiary/aromatic N) is 2. The van der Waals surface area contributed by atoms with Crippen molar-refractivity contribution < 1.29 is 19.0 Å². The Bertz CT molecular complexity index is 570. The zero-order chi connectivity index (χ0) is 15.9. The van der Waals surface area contributed by atoms with Crippen molar-refractivity contribution in [3.63, 3.8) is 0 Å². The molecule has 0 aliphatic carbocycles. The first-order valence-electron chi connectivity index (χ1n) is 7.83. The van der Waals surface area contributed by atoms with E-state index in [2.05, 4.69) is 15.4 Å². The van der Waals surface area contributed by atoms with Crippen LogP contribution in [0.2, 0.25) is 0 Å². The molecule has 0 radical (unpaired) electrons. The number of benzene rings is 1. The van der Waals surface area contributed by atoms with Gasteiger partial charge in [0.1, 0.15) is 13.2 Å². The molecule has 2 aliphatic heterocycles. The fourth-order valence-electron chi connectivity index (χ4n) is 2.46. The second-order valence-corrected chi connectivity index (χ2v) is 5.40. The third-order valence-corrected chi connectivity index (χ3v) is 3.73. The van der Waals surface area contributed by atoms with E-state index in [1.807, 2.05) is 18.2 Å². The molecule has 23 heavy (non-hydrogen) atoms. The minimum Gasteiger partial charge on any atom is -0.486 e. The van der Waals surface area contributed by atoms with Crippen LogP contribution in [-0.4, -0.2) is 63.1 Å². The summed E-state index contributed by atoms with van der Waals surface area (Å²) in [5, 5.41) is 3.99. The van der Waals surface area contributed by atoms with Crippen LogP contribution in [0.15, 0.2) is 23.3 Å². The lowest BCUT2D eigenvalue weighted by Gasteiger charge is -2.25. The summed E-state index contributed by atoms with van der Waals surface area (Å²) in [6.07, 6.45) is 2.03. The Balaban J connectivity index is 1.43. The molecule has 0 unspecified atom stereocenters. The number of carbonyl (C=O) groups excluding carboxylic acids is 1. The van der Waals surface area contributed by atoms with Gasteiger partial charge >= 0.3 is 0 Å². The molecule has 3 rings (SSSR count). The number of rotatable bonds is 5. The quantitative estimate of drug-likeness (QED) is 0.637. The number of fused-ring (bicyclic) bond motifs is 1. The highest BCUT2D eigenvalue weighted by Gasteiger charge is 2.12. The van der Waals surface area contributed by atoms with Gasteiger partial charge in [-0.3, -0.25) is 9.69 Å². The molecule has 1 N–H and O–H groups in total. The number of amides is 1. The van der Waals surface area contributed by atoms with Crippen LogP contribution in [0.3, 0.4) is 0 Å². The average Bonchev–Trinajstić information content (AvgIpc) is 2.61. The maximum Gasteiger partial charge on any atom is 0.241 e. The molecule has 0 atom stereocenters. The highest BCUT2D eigenvalue weighted by Crippen LogP contribution is 2.30. The summed E-state index contributed by atoms with van der Waals surface area (Å²) in [4.78, 5) is 14.0. The van der Waals surface area contributed by atoms with Crippen LogP contribution in [0.4, 0.5) is 0 Å². The van der Waals surface area contributed by atoms with Crippen LogP contribution >= 0.6 is 0 Å². The van der Waals surface area contributed by atoms with Crippen LogP contribution in [0.5, 0.6) is 11.5 Å². The van der Waals surface area contributed by atoms with E-state index in [0.717, 1.165) is 44.2 Å². The van der Waals surface area contributed by atoms with Crippen LogP contribution in [0.1, 0.15) is 12.0 Å². The largest absolute Gasteiger partial charge is 0.486 e. The first-order chi connectivity index (χ1) is 11.3. The van der Waals surface area contributed by atoms with E-state index < -0.39 is 0 Å². The zero-order valence-electron chi connectivity index (χ0n) is 13.0. The fourth-order valence-corrected chi connectivity index (χ4v) is 2.46. The second kappa shape index (κ2) is 7.94. The number of carbonyl (C=O) groups is 1. The fraction of sp³-hybridized carbons (Fsp3) is 0.500. The summed E-state index contributed by atoms with van der Waals surface area (Å²) in [6.45, 7) is 5.09. The van der Waals surface area contributed by atoms with Crippen LogP contribution in [0, 0.1) is 0 Å². The molecule has 1 saturated heterocycles. The van der Waals surface area contributed by atoms with Crippen molar-refractivity contribution in [3.05, 3.63) is 23.8 Å². The molecule has 2 heterocycles.